The number of nitrogens with zero attached hydrogens (tertiary/aromatic N) is 2. The molecule has 3 rings (SSSR count). The third-order valence-corrected chi connectivity index (χ3v) is 5.42. The fraction of sp³-hybridized carbons (Fsp3) is 0.238. The van der Waals surface area contributed by atoms with Crippen LogP contribution in [0.1, 0.15) is 28.0 Å². The second kappa shape index (κ2) is 10.4. The predicted molar refractivity (Wildman–Crippen MR) is 121 cm³/mol. The van der Waals surface area contributed by atoms with Gasteiger partial charge in [-0.2, -0.15) is 5.10 Å². The molecule has 0 saturated heterocycles. The molecule has 5 nitrogen and oxygen atoms in total. The number of carbonyl (C=O) groups excluding carboxylic acids is 1. The van der Waals surface area contributed by atoms with Crippen molar-refractivity contribution in [3.8, 4) is 5.75 Å². The molecule has 0 aliphatic carbocycles. The Hall–Kier alpha value is -1.92. The summed E-state index contributed by atoms with van der Waals surface area (Å²) in [7, 11) is 0. The van der Waals surface area contributed by atoms with Crippen LogP contribution in [0.25, 0.3) is 0 Å². The normalized spacial score (nSPS) is 10.8. The van der Waals surface area contributed by atoms with Gasteiger partial charge in [-0.05, 0) is 43.2 Å². The van der Waals surface area contributed by atoms with Gasteiger partial charge >= 0.3 is 0 Å². The number of rotatable bonds is 8. The number of amides is 1. The number of carbonyl (C=O) groups is 1. The minimum atomic E-state index is -0.158. The molecule has 0 fully saturated rings. The van der Waals surface area contributed by atoms with Gasteiger partial charge < -0.3 is 10.1 Å². The fourth-order valence-electron chi connectivity index (χ4n) is 2.78. The van der Waals surface area contributed by atoms with Crippen LogP contribution in [0.5, 0.6) is 5.75 Å². The van der Waals surface area contributed by atoms with Crippen molar-refractivity contribution >= 4 is 52.3 Å². The number of aromatic nitrogens is 2. The zero-order valence-corrected chi connectivity index (χ0v) is 19.1. The standard InChI is InChI=1S/C21H19Cl4N3O2/c1-13-19(25)11-28(27-13)7-3-6-26-21(29)15-5-2-4-14(8-15)12-30-20-17(23)9-16(22)10-18(20)24/h2,4-5,8-11H,3,6-7,12H2,1H3,(H,26,29). The Labute approximate surface area is 194 Å². The van der Waals surface area contributed by atoms with Crippen molar-refractivity contribution < 1.29 is 9.53 Å². The molecule has 1 heterocycles. The van der Waals surface area contributed by atoms with Crippen LogP contribution in [-0.2, 0) is 13.2 Å². The van der Waals surface area contributed by atoms with E-state index in [4.69, 9.17) is 51.1 Å². The summed E-state index contributed by atoms with van der Waals surface area (Å²) in [6.45, 7) is 3.25. The minimum Gasteiger partial charge on any atom is -0.486 e. The van der Waals surface area contributed by atoms with Gasteiger partial charge in [-0.3, -0.25) is 9.48 Å². The van der Waals surface area contributed by atoms with Gasteiger partial charge in [0.15, 0.2) is 5.75 Å². The van der Waals surface area contributed by atoms with Gasteiger partial charge in [0, 0.05) is 29.9 Å². The molecule has 0 radical (unpaired) electrons. The number of aryl methyl sites for hydroxylation is 2. The quantitative estimate of drug-likeness (QED) is 0.385. The van der Waals surface area contributed by atoms with Crippen molar-refractivity contribution in [3.63, 3.8) is 0 Å². The highest BCUT2D eigenvalue weighted by Crippen LogP contribution is 2.36. The van der Waals surface area contributed by atoms with Gasteiger partial charge in [-0.1, -0.05) is 58.5 Å². The number of ether oxygens (including phenoxy) is 1. The predicted octanol–water partition coefficient (Wildman–Crippen LogP) is 6.20. The summed E-state index contributed by atoms with van der Waals surface area (Å²) >= 11 is 24.2. The zero-order valence-electron chi connectivity index (χ0n) is 16.1. The molecule has 0 unspecified atom stereocenters. The van der Waals surface area contributed by atoms with Crippen LogP contribution in [0.2, 0.25) is 20.1 Å². The lowest BCUT2D eigenvalue weighted by atomic mass is 10.1. The number of benzene rings is 2. The monoisotopic (exact) mass is 485 g/mol. The Bertz CT molecular complexity index is 1010. The summed E-state index contributed by atoms with van der Waals surface area (Å²) in [6, 6.07) is 10.3. The molecule has 0 aliphatic heterocycles. The molecule has 0 spiro atoms. The Morgan fingerprint density at radius 3 is 2.50 bits per heavy atom. The molecule has 1 amide bonds. The highest BCUT2D eigenvalue weighted by molar-refractivity contribution is 6.40. The lowest BCUT2D eigenvalue weighted by Gasteiger charge is -2.11. The molecule has 30 heavy (non-hydrogen) atoms. The smallest absolute Gasteiger partial charge is 0.251 e. The second-order valence-corrected chi connectivity index (χ2v) is 8.28. The number of hydrogen-bond donors (Lipinski definition) is 1. The molecule has 0 bridgehead atoms. The number of hydrogen-bond acceptors (Lipinski definition) is 3. The van der Waals surface area contributed by atoms with Crippen LogP contribution in [0.3, 0.4) is 0 Å². The molecule has 1 aromatic heterocycles. The van der Waals surface area contributed by atoms with Crippen molar-refractivity contribution in [1.29, 1.82) is 0 Å². The van der Waals surface area contributed by atoms with Crippen molar-refractivity contribution in [3.05, 3.63) is 79.5 Å². The summed E-state index contributed by atoms with van der Waals surface area (Å²) in [6.07, 6.45) is 2.51. The average Bonchev–Trinajstić information content (AvgIpc) is 3.02. The zero-order chi connectivity index (χ0) is 21.7. The van der Waals surface area contributed by atoms with Gasteiger partial charge in [0.25, 0.3) is 5.91 Å². The summed E-state index contributed by atoms with van der Waals surface area (Å²) in [5, 5.41) is 8.92. The molecule has 2 aromatic carbocycles. The van der Waals surface area contributed by atoms with E-state index in [9.17, 15) is 4.79 Å². The van der Waals surface area contributed by atoms with Gasteiger partial charge in [0.05, 0.1) is 20.8 Å². The van der Waals surface area contributed by atoms with Crippen molar-refractivity contribution in [2.45, 2.75) is 26.5 Å². The van der Waals surface area contributed by atoms with Crippen LogP contribution in [0.4, 0.5) is 0 Å². The largest absolute Gasteiger partial charge is 0.486 e. The maximum Gasteiger partial charge on any atom is 0.251 e. The molecular weight excluding hydrogens is 468 g/mol. The topological polar surface area (TPSA) is 56.2 Å². The van der Waals surface area contributed by atoms with E-state index in [0.717, 1.165) is 17.7 Å². The first-order valence-electron chi connectivity index (χ1n) is 9.17. The van der Waals surface area contributed by atoms with Crippen molar-refractivity contribution in [2.75, 3.05) is 6.54 Å². The van der Waals surface area contributed by atoms with Gasteiger partial charge in [0.1, 0.15) is 6.61 Å². The molecular formula is C21H19Cl4N3O2. The molecule has 158 valence electrons. The Morgan fingerprint density at radius 2 is 1.83 bits per heavy atom. The van der Waals surface area contributed by atoms with E-state index in [1.54, 1.807) is 41.2 Å². The summed E-state index contributed by atoms with van der Waals surface area (Å²) in [4.78, 5) is 12.4. The average molecular weight is 487 g/mol. The van der Waals surface area contributed by atoms with E-state index in [-0.39, 0.29) is 12.5 Å². The first kappa shape index (κ1) is 22.8. The van der Waals surface area contributed by atoms with E-state index in [2.05, 4.69) is 10.4 Å². The third-order valence-electron chi connectivity index (χ3n) is 4.27. The first-order chi connectivity index (χ1) is 14.3. The number of halogens is 4. The Morgan fingerprint density at radius 1 is 1.10 bits per heavy atom. The van der Waals surface area contributed by atoms with Crippen molar-refractivity contribution in [2.24, 2.45) is 0 Å². The van der Waals surface area contributed by atoms with Crippen molar-refractivity contribution in [1.82, 2.24) is 15.1 Å². The van der Waals surface area contributed by atoms with Gasteiger partial charge in [-0.25, -0.2) is 0 Å². The Kier molecular flexibility index (Phi) is 7.89. The SMILES string of the molecule is Cc1nn(CCCNC(=O)c2cccc(COc3c(Cl)cc(Cl)cc3Cl)c2)cc1Cl. The third kappa shape index (κ3) is 6.05. The van der Waals surface area contributed by atoms with Crippen LogP contribution in [0.15, 0.2) is 42.6 Å². The van der Waals surface area contributed by atoms with Gasteiger partial charge in [0.2, 0.25) is 0 Å². The van der Waals surface area contributed by atoms with Gasteiger partial charge in [-0.15, -0.1) is 0 Å². The van der Waals surface area contributed by atoms with Crippen LogP contribution in [0, 0.1) is 6.92 Å². The highest BCUT2D eigenvalue weighted by Gasteiger charge is 2.11. The van der Waals surface area contributed by atoms with E-state index in [1.165, 1.54) is 0 Å². The second-order valence-electron chi connectivity index (χ2n) is 6.62. The van der Waals surface area contributed by atoms with E-state index in [0.29, 0.717) is 44.5 Å². The maximum absolute atomic E-state index is 12.4. The van der Waals surface area contributed by atoms with E-state index >= 15 is 0 Å². The molecule has 1 N–H and O–H groups in total. The minimum absolute atomic E-state index is 0.158. The molecule has 3 aromatic rings. The molecule has 0 saturated carbocycles. The fourth-order valence-corrected chi connectivity index (χ4v) is 3.85. The summed E-state index contributed by atoms with van der Waals surface area (Å²) < 4.78 is 7.50. The van der Waals surface area contributed by atoms with E-state index < -0.39 is 0 Å². The number of nitrogens with one attached hydrogen (secondary N) is 1. The summed E-state index contributed by atoms with van der Waals surface area (Å²) in [5.41, 5.74) is 2.15. The van der Waals surface area contributed by atoms with Crippen LogP contribution in [-0.4, -0.2) is 22.2 Å². The van der Waals surface area contributed by atoms with E-state index in [1.807, 2.05) is 13.0 Å². The first-order valence-corrected chi connectivity index (χ1v) is 10.7. The Balaban J connectivity index is 1.52. The van der Waals surface area contributed by atoms with Crippen LogP contribution < -0.4 is 10.1 Å². The molecule has 0 atom stereocenters. The molecule has 9 heteroatoms. The van der Waals surface area contributed by atoms with Crippen LogP contribution >= 0.6 is 46.4 Å². The molecule has 0 aliphatic rings. The highest BCUT2D eigenvalue weighted by atomic mass is 35.5. The lowest BCUT2D eigenvalue weighted by Crippen LogP contribution is -2.25. The summed E-state index contributed by atoms with van der Waals surface area (Å²) in [5.74, 6) is 0.195. The maximum atomic E-state index is 12.4. The lowest BCUT2D eigenvalue weighted by molar-refractivity contribution is 0.0952.